The monoisotopic (exact) mass is 416 g/mol. The van der Waals surface area contributed by atoms with Crippen LogP contribution in [0, 0.1) is 5.92 Å². The highest BCUT2D eigenvalue weighted by Crippen LogP contribution is 2.17. The number of nitrogens with zero attached hydrogens (tertiary/aromatic N) is 3. The zero-order chi connectivity index (χ0) is 21.2. The Morgan fingerprint density at radius 3 is 2.67 bits per heavy atom. The van der Waals surface area contributed by atoms with E-state index in [1.54, 1.807) is 0 Å². The van der Waals surface area contributed by atoms with Gasteiger partial charge in [-0.05, 0) is 39.2 Å². The van der Waals surface area contributed by atoms with Crippen LogP contribution in [0.25, 0.3) is 0 Å². The second kappa shape index (κ2) is 12.3. The summed E-state index contributed by atoms with van der Waals surface area (Å²) in [6.07, 6.45) is 2.93. The predicted molar refractivity (Wildman–Crippen MR) is 123 cm³/mol. The van der Waals surface area contributed by atoms with Crippen LogP contribution in [0.2, 0.25) is 0 Å². The molecule has 168 valence electrons. The van der Waals surface area contributed by atoms with E-state index in [0.29, 0.717) is 24.7 Å². The third-order valence-electron chi connectivity index (χ3n) is 5.77. The summed E-state index contributed by atoms with van der Waals surface area (Å²) in [5, 5.41) is 3.48. The summed E-state index contributed by atoms with van der Waals surface area (Å²) in [7, 11) is 0. The van der Waals surface area contributed by atoms with E-state index in [4.69, 9.17) is 14.5 Å². The lowest BCUT2D eigenvalue weighted by atomic mass is 10.1. The van der Waals surface area contributed by atoms with E-state index in [1.165, 1.54) is 12.0 Å². The molecule has 2 aliphatic rings. The second-order valence-electron chi connectivity index (χ2n) is 8.71. The molecule has 6 heteroatoms. The van der Waals surface area contributed by atoms with Gasteiger partial charge in [0, 0.05) is 51.7 Å². The Bertz CT molecular complexity index is 629. The summed E-state index contributed by atoms with van der Waals surface area (Å²) in [4.78, 5) is 9.83. The number of ether oxygens (including phenoxy) is 2. The topological polar surface area (TPSA) is 49.3 Å². The van der Waals surface area contributed by atoms with Gasteiger partial charge in [-0.3, -0.25) is 9.89 Å². The van der Waals surface area contributed by atoms with Crippen molar-refractivity contribution in [2.75, 3.05) is 52.4 Å². The number of rotatable bonds is 9. The van der Waals surface area contributed by atoms with E-state index in [2.05, 4.69) is 60.2 Å². The number of morpholine rings is 1. The fourth-order valence-electron chi connectivity index (χ4n) is 4.45. The third-order valence-corrected chi connectivity index (χ3v) is 5.77. The molecule has 1 N–H and O–H groups in total. The fraction of sp³-hybridized carbons (Fsp3) is 0.708. The average molecular weight is 417 g/mol. The minimum atomic E-state index is 0.334. The normalized spacial score (nSPS) is 25.6. The molecule has 0 aliphatic carbocycles. The lowest BCUT2D eigenvalue weighted by Gasteiger charge is -2.35. The van der Waals surface area contributed by atoms with Crippen LogP contribution in [0.5, 0.6) is 0 Å². The van der Waals surface area contributed by atoms with Crippen molar-refractivity contribution in [3.63, 3.8) is 0 Å². The minimum absolute atomic E-state index is 0.334. The van der Waals surface area contributed by atoms with E-state index in [1.807, 2.05) is 6.07 Å². The maximum atomic E-state index is 5.97. The first kappa shape index (κ1) is 23.0. The molecule has 3 rings (SSSR count). The largest absolute Gasteiger partial charge is 0.376 e. The summed E-state index contributed by atoms with van der Waals surface area (Å²) in [5.74, 6) is 1.64. The van der Waals surface area contributed by atoms with Crippen molar-refractivity contribution < 1.29 is 9.47 Å². The smallest absolute Gasteiger partial charge is 0.193 e. The number of aliphatic imine (C=N–C) groups is 1. The highest BCUT2D eigenvalue weighted by Gasteiger charge is 2.25. The summed E-state index contributed by atoms with van der Waals surface area (Å²) in [6, 6.07) is 10.4. The molecule has 0 aromatic heterocycles. The molecule has 0 saturated carbocycles. The zero-order valence-electron chi connectivity index (χ0n) is 19.1. The average Bonchev–Trinajstić information content (AvgIpc) is 3.19. The Labute approximate surface area is 182 Å². The van der Waals surface area contributed by atoms with Crippen molar-refractivity contribution in [3.8, 4) is 0 Å². The SMILES string of the molecule is CCNC(=NCCCN1CC(C)OC(C)C1)N1CCC(COCc2ccccc2)C1. The minimum Gasteiger partial charge on any atom is -0.376 e. The summed E-state index contributed by atoms with van der Waals surface area (Å²) in [5.41, 5.74) is 1.24. The zero-order valence-corrected chi connectivity index (χ0v) is 19.1. The Morgan fingerprint density at radius 2 is 1.93 bits per heavy atom. The molecule has 30 heavy (non-hydrogen) atoms. The van der Waals surface area contributed by atoms with Crippen LogP contribution in [0.3, 0.4) is 0 Å². The summed E-state index contributed by atoms with van der Waals surface area (Å²) >= 11 is 0. The lowest BCUT2D eigenvalue weighted by molar-refractivity contribution is -0.0679. The van der Waals surface area contributed by atoms with Crippen molar-refractivity contribution in [2.45, 2.75) is 52.4 Å². The van der Waals surface area contributed by atoms with Crippen molar-refractivity contribution in [3.05, 3.63) is 35.9 Å². The molecule has 2 heterocycles. The first-order valence-corrected chi connectivity index (χ1v) is 11.7. The van der Waals surface area contributed by atoms with E-state index >= 15 is 0 Å². The molecule has 2 saturated heterocycles. The van der Waals surface area contributed by atoms with Gasteiger partial charge in [-0.25, -0.2) is 0 Å². The number of likely N-dealkylation sites (tertiary alicyclic amines) is 1. The molecular formula is C24H40N4O2. The highest BCUT2D eigenvalue weighted by molar-refractivity contribution is 5.80. The lowest BCUT2D eigenvalue weighted by Crippen LogP contribution is -2.45. The second-order valence-corrected chi connectivity index (χ2v) is 8.71. The van der Waals surface area contributed by atoms with Gasteiger partial charge in [-0.1, -0.05) is 30.3 Å². The van der Waals surface area contributed by atoms with Gasteiger partial charge >= 0.3 is 0 Å². The Morgan fingerprint density at radius 1 is 1.17 bits per heavy atom. The van der Waals surface area contributed by atoms with E-state index < -0.39 is 0 Å². The van der Waals surface area contributed by atoms with Crippen LogP contribution in [0.4, 0.5) is 0 Å². The number of hydrogen-bond acceptors (Lipinski definition) is 4. The van der Waals surface area contributed by atoms with Crippen LogP contribution in [0.1, 0.15) is 39.2 Å². The van der Waals surface area contributed by atoms with Crippen LogP contribution in [0.15, 0.2) is 35.3 Å². The maximum Gasteiger partial charge on any atom is 0.193 e. The Balaban J connectivity index is 1.38. The van der Waals surface area contributed by atoms with E-state index in [-0.39, 0.29) is 0 Å². The molecule has 3 atom stereocenters. The molecule has 2 aliphatic heterocycles. The molecule has 0 radical (unpaired) electrons. The van der Waals surface area contributed by atoms with Gasteiger partial charge in [0.2, 0.25) is 0 Å². The van der Waals surface area contributed by atoms with Gasteiger partial charge in [0.1, 0.15) is 0 Å². The van der Waals surface area contributed by atoms with Crippen molar-refractivity contribution in [1.29, 1.82) is 0 Å². The fourth-order valence-corrected chi connectivity index (χ4v) is 4.45. The van der Waals surface area contributed by atoms with Gasteiger partial charge < -0.3 is 19.7 Å². The van der Waals surface area contributed by atoms with E-state index in [9.17, 15) is 0 Å². The Kier molecular flexibility index (Phi) is 9.43. The van der Waals surface area contributed by atoms with Crippen LogP contribution >= 0.6 is 0 Å². The van der Waals surface area contributed by atoms with Crippen LogP contribution in [-0.2, 0) is 16.1 Å². The number of guanidine groups is 1. The van der Waals surface area contributed by atoms with Gasteiger partial charge in [-0.15, -0.1) is 0 Å². The number of benzene rings is 1. The molecule has 0 bridgehead atoms. The van der Waals surface area contributed by atoms with Crippen molar-refractivity contribution >= 4 is 5.96 Å². The van der Waals surface area contributed by atoms with Gasteiger partial charge in [0.05, 0.1) is 25.4 Å². The van der Waals surface area contributed by atoms with Gasteiger partial charge in [0.15, 0.2) is 5.96 Å². The van der Waals surface area contributed by atoms with E-state index in [0.717, 1.165) is 64.8 Å². The first-order valence-electron chi connectivity index (χ1n) is 11.7. The highest BCUT2D eigenvalue weighted by atomic mass is 16.5. The van der Waals surface area contributed by atoms with Gasteiger partial charge in [0.25, 0.3) is 0 Å². The summed E-state index contributed by atoms with van der Waals surface area (Å²) in [6.45, 7) is 15.0. The molecule has 1 aromatic carbocycles. The first-order chi connectivity index (χ1) is 14.6. The maximum absolute atomic E-state index is 5.97. The molecular weight excluding hydrogens is 376 g/mol. The molecule has 1 aromatic rings. The van der Waals surface area contributed by atoms with Gasteiger partial charge in [-0.2, -0.15) is 0 Å². The number of nitrogens with one attached hydrogen (secondary N) is 1. The summed E-state index contributed by atoms with van der Waals surface area (Å²) < 4.78 is 11.8. The third kappa shape index (κ3) is 7.56. The Hall–Kier alpha value is -1.63. The molecule has 6 nitrogen and oxygen atoms in total. The standard InChI is InChI=1S/C24H40N4O2/c1-4-25-24(26-12-8-13-27-15-20(2)30-21(3)16-27)28-14-11-23(17-28)19-29-18-22-9-6-5-7-10-22/h5-7,9-10,20-21,23H,4,8,11-19H2,1-3H3,(H,25,26). The van der Waals surface area contributed by atoms with Crippen molar-refractivity contribution in [2.24, 2.45) is 10.9 Å². The quantitative estimate of drug-likeness (QED) is 0.381. The van der Waals surface area contributed by atoms with Crippen molar-refractivity contribution in [1.82, 2.24) is 15.1 Å². The molecule has 2 fully saturated rings. The predicted octanol–water partition coefficient (Wildman–Crippen LogP) is 2.99. The van der Waals surface area contributed by atoms with Crippen LogP contribution < -0.4 is 5.32 Å². The number of hydrogen-bond donors (Lipinski definition) is 1. The van der Waals surface area contributed by atoms with Crippen LogP contribution in [-0.4, -0.2) is 80.4 Å². The molecule has 0 spiro atoms. The molecule has 3 unspecified atom stereocenters. The molecule has 0 amide bonds.